The Hall–Kier alpha value is -3.65. The number of para-hydroxylation sites is 1. The molecule has 1 atom stereocenters. The van der Waals surface area contributed by atoms with Crippen molar-refractivity contribution in [1.82, 2.24) is 19.7 Å². The third-order valence-electron chi connectivity index (χ3n) is 5.27. The largest absolute Gasteiger partial charge is 0.457 e. The molecule has 0 aliphatic heterocycles. The Morgan fingerprint density at radius 3 is 2.08 bits per heavy atom. The summed E-state index contributed by atoms with van der Waals surface area (Å²) in [7, 11) is -8.09. The molecule has 0 fully saturated rings. The van der Waals surface area contributed by atoms with Gasteiger partial charge in [0.25, 0.3) is 10.0 Å². The maximum atomic E-state index is 12.7. The second-order valence-corrected chi connectivity index (χ2v) is 12.4. The number of sulfonamides is 2. The zero-order valence-corrected chi connectivity index (χ0v) is 23.0. The summed E-state index contributed by atoms with van der Waals surface area (Å²) in [6, 6.07) is 17.9. The minimum atomic E-state index is -4.08. The van der Waals surface area contributed by atoms with Gasteiger partial charge in [-0.2, -0.15) is 4.72 Å². The lowest BCUT2D eigenvalue weighted by Crippen LogP contribution is -2.49. The fraction of sp³-hybridized carbons (Fsp3) is 0.269. The van der Waals surface area contributed by atoms with Gasteiger partial charge in [0.05, 0.1) is 18.0 Å². The molecule has 0 aliphatic carbocycles. The van der Waals surface area contributed by atoms with Crippen molar-refractivity contribution in [3.05, 3.63) is 79.0 Å². The van der Waals surface area contributed by atoms with Crippen LogP contribution < -0.4 is 19.5 Å². The number of nitrogens with one attached hydrogen (secondary N) is 3. The summed E-state index contributed by atoms with van der Waals surface area (Å²) in [4.78, 5) is 28.8. The minimum Gasteiger partial charge on any atom is -0.457 e. The Labute approximate surface area is 228 Å². The van der Waals surface area contributed by atoms with E-state index in [1.807, 2.05) is 32.0 Å². The van der Waals surface area contributed by atoms with Crippen LogP contribution in [0, 0.1) is 5.92 Å². The topological polar surface area (TPSA) is 161 Å². The Bertz CT molecular complexity index is 1460. The van der Waals surface area contributed by atoms with Crippen LogP contribution in [0.25, 0.3) is 0 Å². The molecule has 1 aromatic heterocycles. The summed E-state index contributed by atoms with van der Waals surface area (Å²) in [6.07, 6.45) is 1.49. The minimum absolute atomic E-state index is 0.0424. The van der Waals surface area contributed by atoms with Crippen molar-refractivity contribution in [3.8, 4) is 11.5 Å². The van der Waals surface area contributed by atoms with E-state index in [4.69, 9.17) is 4.74 Å². The lowest BCUT2D eigenvalue weighted by molar-refractivity contribution is -0.126. The van der Waals surface area contributed by atoms with Gasteiger partial charge in [-0.3, -0.25) is 9.59 Å². The van der Waals surface area contributed by atoms with Crippen molar-refractivity contribution in [3.63, 3.8) is 0 Å². The number of ketones is 1. The predicted octanol–water partition coefficient (Wildman–Crippen LogP) is 2.23. The molecule has 39 heavy (non-hydrogen) atoms. The molecule has 0 aliphatic rings. The highest BCUT2D eigenvalue weighted by atomic mass is 32.2. The van der Waals surface area contributed by atoms with Crippen LogP contribution in [0.2, 0.25) is 0 Å². The van der Waals surface area contributed by atoms with E-state index in [1.54, 1.807) is 18.2 Å². The van der Waals surface area contributed by atoms with Crippen molar-refractivity contribution in [2.75, 3.05) is 13.1 Å². The van der Waals surface area contributed by atoms with E-state index in [-0.39, 0.29) is 22.3 Å². The molecule has 208 valence electrons. The second-order valence-electron chi connectivity index (χ2n) is 8.94. The molecular weight excluding hydrogens is 544 g/mol. The molecule has 0 radical (unpaired) electrons. The number of hydrogen-bond acceptors (Lipinski definition) is 8. The van der Waals surface area contributed by atoms with E-state index >= 15 is 0 Å². The van der Waals surface area contributed by atoms with Gasteiger partial charge in [0, 0.05) is 6.20 Å². The summed E-state index contributed by atoms with van der Waals surface area (Å²) >= 11 is 0. The molecule has 3 rings (SSSR count). The molecule has 3 aromatic rings. The zero-order chi connectivity index (χ0) is 28.5. The van der Waals surface area contributed by atoms with Gasteiger partial charge in [0.1, 0.15) is 17.5 Å². The molecule has 0 saturated carbocycles. The van der Waals surface area contributed by atoms with Crippen molar-refractivity contribution in [1.29, 1.82) is 0 Å². The van der Waals surface area contributed by atoms with E-state index < -0.39 is 50.9 Å². The van der Waals surface area contributed by atoms with Crippen LogP contribution in [-0.4, -0.2) is 52.6 Å². The highest BCUT2D eigenvalue weighted by Crippen LogP contribution is 2.22. The first-order valence-corrected chi connectivity index (χ1v) is 15.0. The maximum absolute atomic E-state index is 12.7. The number of rotatable bonds is 14. The summed E-state index contributed by atoms with van der Waals surface area (Å²) in [5, 5.41) is 2.14. The molecule has 0 saturated heterocycles. The standard InChI is InChI=1S/C26H30N4O7S2/c1-19(2)16-24(30-39(35,36)25-10-6-7-15-27-25)26(32)28-17-20(31)18-29-38(33,34)23-13-11-22(12-14-23)37-21-8-4-3-5-9-21/h3-15,19,24,29-30H,16-18H2,1-2H3,(H,28,32)/t24-/m0/s1. The van der Waals surface area contributed by atoms with Crippen molar-refractivity contribution in [2.24, 2.45) is 5.92 Å². The van der Waals surface area contributed by atoms with Crippen LogP contribution in [0.5, 0.6) is 11.5 Å². The van der Waals surface area contributed by atoms with Crippen molar-refractivity contribution in [2.45, 2.75) is 36.2 Å². The van der Waals surface area contributed by atoms with Gasteiger partial charge in [0.15, 0.2) is 10.8 Å². The lowest BCUT2D eigenvalue weighted by Gasteiger charge is -2.19. The Morgan fingerprint density at radius 2 is 1.46 bits per heavy atom. The summed E-state index contributed by atoms with van der Waals surface area (Å²) in [6.45, 7) is 2.57. The normalized spacial score (nSPS) is 12.6. The lowest BCUT2D eigenvalue weighted by atomic mass is 10.0. The number of benzene rings is 2. The molecule has 1 heterocycles. The molecule has 0 spiro atoms. The quantitative estimate of drug-likeness (QED) is 0.264. The number of Topliss-reactive ketones (excluding diaryl/α,β-unsaturated/α-hetero) is 1. The summed E-state index contributed by atoms with van der Waals surface area (Å²) < 4.78 is 60.6. The first kappa shape index (κ1) is 29.9. The van der Waals surface area contributed by atoms with Crippen LogP contribution in [0.4, 0.5) is 0 Å². The summed E-state index contributed by atoms with van der Waals surface area (Å²) in [5.41, 5.74) is 0. The molecular formula is C26H30N4O7S2. The number of carbonyl (C=O) groups excluding carboxylic acids is 2. The maximum Gasteiger partial charge on any atom is 0.258 e. The number of pyridine rings is 1. The van der Waals surface area contributed by atoms with Crippen LogP contribution in [0.3, 0.4) is 0 Å². The van der Waals surface area contributed by atoms with Crippen LogP contribution in [0.1, 0.15) is 20.3 Å². The van der Waals surface area contributed by atoms with E-state index in [9.17, 15) is 26.4 Å². The van der Waals surface area contributed by atoms with Gasteiger partial charge in [-0.05, 0) is 60.9 Å². The van der Waals surface area contributed by atoms with Gasteiger partial charge in [-0.15, -0.1) is 0 Å². The molecule has 0 bridgehead atoms. The van der Waals surface area contributed by atoms with E-state index in [0.29, 0.717) is 11.5 Å². The zero-order valence-electron chi connectivity index (χ0n) is 21.4. The highest BCUT2D eigenvalue weighted by Gasteiger charge is 2.27. The number of amides is 1. The van der Waals surface area contributed by atoms with Gasteiger partial charge < -0.3 is 10.1 Å². The molecule has 2 aromatic carbocycles. The van der Waals surface area contributed by atoms with Gasteiger partial charge in [-0.1, -0.05) is 38.1 Å². The third-order valence-corrected chi connectivity index (χ3v) is 8.07. The molecule has 1 amide bonds. The van der Waals surface area contributed by atoms with Crippen molar-refractivity contribution < 1.29 is 31.2 Å². The van der Waals surface area contributed by atoms with Gasteiger partial charge >= 0.3 is 0 Å². The van der Waals surface area contributed by atoms with E-state index in [0.717, 1.165) is 0 Å². The van der Waals surface area contributed by atoms with Crippen LogP contribution >= 0.6 is 0 Å². The average molecular weight is 575 g/mol. The average Bonchev–Trinajstić information content (AvgIpc) is 2.91. The smallest absolute Gasteiger partial charge is 0.258 e. The van der Waals surface area contributed by atoms with E-state index in [2.05, 4.69) is 19.7 Å². The van der Waals surface area contributed by atoms with E-state index in [1.165, 1.54) is 42.6 Å². The summed E-state index contributed by atoms with van der Waals surface area (Å²) in [5.74, 6) is -0.341. The van der Waals surface area contributed by atoms with Gasteiger partial charge in [-0.25, -0.2) is 26.5 Å². The highest BCUT2D eigenvalue weighted by molar-refractivity contribution is 7.89. The fourth-order valence-corrected chi connectivity index (χ4v) is 5.54. The van der Waals surface area contributed by atoms with Crippen LogP contribution in [0.15, 0.2) is 88.9 Å². The molecule has 0 unspecified atom stereocenters. The van der Waals surface area contributed by atoms with Gasteiger partial charge in [0.2, 0.25) is 15.9 Å². The third kappa shape index (κ3) is 9.25. The molecule has 3 N–H and O–H groups in total. The fourth-order valence-electron chi connectivity index (χ4n) is 3.38. The number of carbonyl (C=O) groups is 2. The molecule has 13 heteroatoms. The first-order valence-electron chi connectivity index (χ1n) is 12.0. The number of ether oxygens (including phenoxy) is 1. The second kappa shape index (κ2) is 13.4. The Kier molecular flexibility index (Phi) is 10.3. The Balaban J connectivity index is 1.53. The van der Waals surface area contributed by atoms with Crippen molar-refractivity contribution >= 4 is 31.7 Å². The molecule has 11 nitrogen and oxygen atoms in total. The SMILES string of the molecule is CC(C)C[C@H](NS(=O)(=O)c1ccccn1)C(=O)NCC(=O)CNS(=O)(=O)c1ccc(Oc2ccccc2)cc1. The Morgan fingerprint density at radius 1 is 0.821 bits per heavy atom. The van der Waals surface area contributed by atoms with Crippen LogP contribution in [-0.2, 0) is 29.6 Å². The number of nitrogens with zero attached hydrogens (tertiary/aromatic N) is 1. The monoisotopic (exact) mass is 574 g/mol. The first-order chi connectivity index (χ1) is 18.5. The number of hydrogen-bond donors (Lipinski definition) is 3. The number of aromatic nitrogens is 1. The predicted molar refractivity (Wildman–Crippen MR) is 144 cm³/mol.